The molecule has 0 bridgehead atoms. The molecule has 2 N–H and O–H groups in total. The summed E-state index contributed by atoms with van der Waals surface area (Å²) in [6.45, 7) is 0.484. The maximum absolute atomic E-state index is 12.5. The van der Waals surface area contributed by atoms with E-state index in [-0.39, 0.29) is 18.0 Å². The molecule has 0 unspecified atom stereocenters. The molecular formula is C20H31N3O5. The van der Waals surface area contributed by atoms with E-state index < -0.39 is 5.91 Å². The van der Waals surface area contributed by atoms with Gasteiger partial charge in [0.05, 0.1) is 27.9 Å². The van der Waals surface area contributed by atoms with E-state index >= 15 is 0 Å². The molecule has 0 spiro atoms. The van der Waals surface area contributed by atoms with Crippen molar-refractivity contribution in [1.29, 1.82) is 0 Å². The van der Waals surface area contributed by atoms with Gasteiger partial charge in [0.2, 0.25) is 11.7 Å². The molecule has 2 rings (SSSR count). The fourth-order valence-corrected chi connectivity index (χ4v) is 3.62. The van der Waals surface area contributed by atoms with Crippen LogP contribution in [0.3, 0.4) is 0 Å². The highest BCUT2D eigenvalue weighted by atomic mass is 16.5. The minimum atomic E-state index is -0.391. The number of methoxy groups -OCH3 is 3. The van der Waals surface area contributed by atoms with Crippen molar-refractivity contribution in [3.8, 4) is 17.2 Å². The zero-order valence-corrected chi connectivity index (χ0v) is 17.4. The normalized spacial score (nSPS) is 15.2. The zero-order chi connectivity index (χ0) is 20.7. The van der Waals surface area contributed by atoms with E-state index in [1.165, 1.54) is 34.2 Å². The zero-order valence-electron chi connectivity index (χ0n) is 17.4. The third kappa shape index (κ3) is 4.86. The second-order valence-electron chi connectivity index (χ2n) is 7.20. The van der Waals surface area contributed by atoms with Crippen LogP contribution in [0.4, 0.5) is 0 Å². The van der Waals surface area contributed by atoms with Crippen LogP contribution in [0, 0.1) is 0 Å². The van der Waals surface area contributed by atoms with Crippen molar-refractivity contribution in [3.05, 3.63) is 17.7 Å². The fraction of sp³-hybridized carbons (Fsp3) is 0.600. The standard InChI is InChI=1S/C20H31N3O5/c1-23(2)20(8-6-7-9-20)13-22-17(24)12-21-19(25)14-10-15(26-3)18(28-5)16(11-14)27-4/h10-11H,6-9,12-13H2,1-5H3,(H,21,25)(H,22,24). The third-order valence-electron chi connectivity index (χ3n) is 5.43. The average Bonchev–Trinajstić information content (AvgIpc) is 3.19. The highest BCUT2D eigenvalue weighted by Crippen LogP contribution is 2.38. The third-order valence-corrected chi connectivity index (χ3v) is 5.43. The molecule has 1 aliphatic carbocycles. The van der Waals surface area contributed by atoms with Crippen molar-refractivity contribution in [2.24, 2.45) is 0 Å². The molecule has 0 atom stereocenters. The van der Waals surface area contributed by atoms with Gasteiger partial charge in [0.1, 0.15) is 0 Å². The van der Waals surface area contributed by atoms with Gasteiger partial charge in [0.25, 0.3) is 5.91 Å². The maximum atomic E-state index is 12.5. The molecule has 1 fully saturated rings. The van der Waals surface area contributed by atoms with Gasteiger partial charge < -0.3 is 29.7 Å². The fourth-order valence-electron chi connectivity index (χ4n) is 3.62. The van der Waals surface area contributed by atoms with Crippen molar-refractivity contribution in [1.82, 2.24) is 15.5 Å². The molecule has 0 heterocycles. The number of amides is 2. The van der Waals surface area contributed by atoms with Crippen molar-refractivity contribution in [3.63, 3.8) is 0 Å². The first-order valence-electron chi connectivity index (χ1n) is 9.39. The predicted octanol–water partition coefficient (Wildman–Crippen LogP) is 1.43. The Bertz CT molecular complexity index is 674. The molecule has 0 saturated heterocycles. The van der Waals surface area contributed by atoms with Gasteiger partial charge in [-0.05, 0) is 39.1 Å². The number of nitrogens with zero attached hydrogens (tertiary/aromatic N) is 1. The van der Waals surface area contributed by atoms with Crippen LogP contribution in [0.2, 0.25) is 0 Å². The quantitative estimate of drug-likeness (QED) is 0.660. The summed E-state index contributed by atoms with van der Waals surface area (Å²) in [6, 6.07) is 3.10. The lowest BCUT2D eigenvalue weighted by atomic mass is 9.96. The van der Waals surface area contributed by atoms with Crippen LogP contribution in [-0.2, 0) is 4.79 Å². The Balaban J connectivity index is 1.95. The minimum absolute atomic E-state index is 0.0103. The lowest BCUT2D eigenvalue weighted by Gasteiger charge is -2.36. The Kier molecular flexibility index (Phi) is 7.51. The number of nitrogens with one attached hydrogen (secondary N) is 2. The lowest BCUT2D eigenvalue weighted by molar-refractivity contribution is -0.120. The van der Waals surface area contributed by atoms with Gasteiger partial charge in [0.15, 0.2) is 11.5 Å². The van der Waals surface area contributed by atoms with Crippen LogP contribution in [-0.4, -0.2) is 70.8 Å². The van der Waals surface area contributed by atoms with E-state index in [4.69, 9.17) is 14.2 Å². The highest BCUT2D eigenvalue weighted by Gasteiger charge is 2.36. The van der Waals surface area contributed by atoms with E-state index in [0.29, 0.717) is 29.4 Å². The molecule has 0 radical (unpaired) electrons. The summed E-state index contributed by atoms with van der Waals surface area (Å²) in [6.07, 6.45) is 4.48. The summed E-state index contributed by atoms with van der Waals surface area (Å²) >= 11 is 0. The highest BCUT2D eigenvalue weighted by molar-refractivity contribution is 5.97. The number of hydrogen-bond acceptors (Lipinski definition) is 6. The van der Waals surface area contributed by atoms with Crippen LogP contribution in [0.25, 0.3) is 0 Å². The van der Waals surface area contributed by atoms with Gasteiger partial charge in [-0.1, -0.05) is 12.8 Å². The van der Waals surface area contributed by atoms with E-state index in [1.807, 2.05) is 14.1 Å². The van der Waals surface area contributed by atoms with Gasteiger partial charge >= 0.3 is 0 Å². The Hall–Kier alpha value is -2.48. The van der Waals surface area contributed by atoms with Crippen molar-refractivity contribution in [2.75, 3.05) is 48.5 Å². The molecule has 156 valence electrons. The molecule has 1 aromatic carbocycles. The smallest absolute Gasteiger partial charge is 0.251 e. The average molecular weight is 393 g/mol. The van der Waals surface area contributed by atoms with E-state index in [0.717, 1.165) is 12.8 Å². The molecule has 1 aromatic rings. The maximum Gasteiger partial charge on any atom is 0.251 e. The molecular weight excluding hydrogens is 362 g/mol. The van der Waals surface area contributed by atoms with Gasteiger partial charge in [-0.15, -0.1) is 0 Å². The Morgan fingerprint density at radius 1 is 1.00 bits per heavy atom. The first-order chi connectivity index (χ1) is 13.4. The SMILES string of the molecule is COc1cc(C(=O)NCC(=O)NCC2(N(C)C)CCCC2)cc(OC)c1OC. The van der Waals surface area contributed by atoms with Gasteiger partial charge in [-0.3, -0.25) is 9.59 Å². The summed E-state index contributed by atoms with van der Waals surface area (Å²) in [4.78, 5) is 26.9. The second kappa shape index (κ2) is 9.64. The molecule has 8 heteroatoms. The Morgan fingerprint density at radius 2 is 1.57 bits per heavy atom. The Morgan fingerprint density at radius 3 is 2.04 bits per heavy atom. The monoisotopic (exact) mass is 393 g/mol. The summed E-state index contributed by atoms with van der Waals surface area (Å²) < 4.78 is 15.8. The summed E-state index contributed by atoms with van der Waals surface area (Å²) in [5.74, 6) is 0.563. The van der Waals surface area contributed by atoms with Crippen LogP contribution < -0.4 is 24.8 Å². The van der Waals surface area contributed by atoms with Gasteiger partial charge in [-0.25, -0.2) is 0 Å². The molecule has 0 aromatic heterocycles. The molecule has 1 aliphatic rings. The Labute approximate surface area is 166 Å². The van der Waals surface area contributed by atoms with Gasteiger partial charge in [-0.2, -0.15) is 0 Å². The number of carbonyl (C=O) groups excluding carboxylic acids is 2. The van der Waals surface area contributed by atoms with E-state index in [2.05, 4.69) is 15.5 Å². The van der Waals surface area contributed by atoms with Crippen LogP contribution in [0.5, 0.6) is 17.2 Å². The number of likely N-dealkylation sites (N-methyl/N-ethyl adjacent to an activating group) is 1. The van der Waals surface area contributed by atoms with E-state index in [1.54, 1.807) is 12.1 Å². The molecule has 2 amide bonds. The van der Waals surface area contributed by atoms with Crippen molar-refractivity contribution >= 4 is 11.8 Å². The lowest BCUT2D eigenvalue weighted by Crippen LogP contribution is -2.52. The first-order valence-corrected chi connectivity index (χ1v) is 9.39. The molecule has 1 saturated carbocycles. The van der Waals surface area contributed by atoms with E-state index in [9.17, 15) is 9.59 Å². The molecule has 28 heavy (non-hydrogen) atoms. The summed E-state index contributed by atoms with van der Waals surface area (Å²) in [7, 11) is 8.55. The summed E-state index contributed by atoms with van der Waals surface area (Å²) in [5.41, 5.74) is 0.332. The van der Waals surface area contributed by atoms with Crippen LogP contribution in [0.1, 0.15) is 36.0 Å². The van der Waals surface area contributed by atoms with Crippen molar-refractivity contribution in [2.45, 2.75) is 31.2 Å². The number of hydrogen-bond donors (Lipinski definition) is 2. The minimum Gasteiger partial charge on any atom is -0.493 e. The van der Waals surface area contributed by atoms with Crippen molar-refractivity contribution < 1.29 is 23.8 Å². The first kappa shape index (κ1) is 21.8. The predicted molar refractivity (Wildman–Crippen MR) is 106 cm³/mol. The topological polar surface area (TPSA) is 89.1 Å². The number of ether oxygens (including phenoxy) is 3. The second-order valence-corrected chi connectivity index (χ2v) is 7.20. The molecule has 8 nitrogen and oxygen atoms in total. The largest absolute Gasteiger partial charge is 0.493 e. The van der Waals surface area contributed by atoms with Crippen LogP contribution >= 0.6 is 0 Å². The number of carbonyl (C=O) groups is 2. The molecule has 0 aliphatic heterocycles. The van der Waals surface area contributed by atoms with Crippen LogP contribution in [0.15, 0.2) is 12.1 Å². The summed E-state index contributed by atoms with van der Waals surface area (Å²) in [5, 5.41) is 5.59. The number of rotatable bonds is 9. The van der Waals surface area contributed by atoms with Gasteiger partial charge in [0, 0.05) is 17.6 Å². The number of benzene rings is 1.